The second-order valence-corrected chi connectivity index (χ2v) is 11.0. The van der Waals surface area contributed by atoms with Gasteiger partial charge in [-0.15, -0.1) is 11.3 Å². The minimum atomic E-state index is -0.0166. The molecule has 0 aliphatic rings. The highest BCUT2D eigenvalue weighted by molar-refractivity contribution is 7.13. The minimum absolute atomic E-state index is 0.0166. The molecule has 6 nitrogen and oxygen atoms in total. The standard InChI is InChI=1S/C33H41N3O3S/c1-6-8-12-24(7-2)21-34-32(37)27-20-29(28-22-40-33(35-28)26-13-10-9-11-14-26)36(23(27)3)18-17-25-15-16-30(38-4)31(19-25)39-5/h9-11,13-16,19-20,22,24H,6-8,12,17-18,21H2,1-5H3,(H,34,37). The van der Waals surface area contributed by atoms with Crippen LogP contribution in [0.4, 0.5) is 0 Å². The molecule has 7 heteroatoms. The molecule has 212 valence electrons. The Morgan fingerprint density at radius 2 is 1.82 bits per heavy atom. The summed E-state index contributed by atoms with van der Waals surface area (Å²) in [7, 11) is 3.29. The van der Waals surface area contributed by atoms with Crippen LogP contribution in [0.1, 0.15) is 61.1 Å². The number of ether oxygens (including phenoxy) is 2. The van der Waals surface area contributed by atoms with E-state index in [-0.39, 0.29) is 5.91 Å². The van der Waals surface area contributed by atoms with Crippen LogP contribution in [0.15, 0.2) is 60.0 Å². The second kappa shape index (κ2) is 14.2. The summed E-state index contributed by atoms with van der Waals surface area (Å²) in [5, 5.41) is 6.28. The average molecular weight is 560 g/mol. The van der Waals surface area contributed by atoms with Crippen LogP contribution < -0.4 is 14.8 Å². The van der Waals surface area contributed by atoms with Gasteiger partial charge in [0.2, 0.25) is 0 Å². The molecule has 4 rings (SSSR count). The van der Waals surface area contributed by atoms with E-state index in [0.717, 1.165) is 52.5 Å². The third-order valence-corrected chi connectivity index (χ3v) is 8.46. The lowest BCUT2D eigenvalue weighted by molar-refractivity contribution is 0.0945. The van der Waals surface area contributed by atoms with Crippen LogP contribution in [0.2, 0.25) is 0 Å². The number of amides is 1. The number of methoxy groups -OCH3 is 2. The number of nitrogens with one attached hydrogen (secondary N) is 1. The lowest BCUT2D eigenvalue weighted by Crippen LogP contribution is -2.29. The van der Waals surface area contributed by atoms with E-state index in [0.29, 0.717) is 36.1 Å². The van der Waals surface area contributed by atoms with Crippen LogP contribution in [-0.2, 0) is 13.0 Å². The van der Waals surface area contributed by atoms with Crippen molar-refractivity contribution >= 4 is 17.2 Å². The van der Waals surface area contributed by atoms with Crippen molar-refractivity contribution in [1.29, 1.82) is 0 Å². The van der Waals surface area contributed by atoms with Crippen LogP contribution in [-0.4, -0.2) is 36.2 Å². The molecule has 0 radical (unpaired) electrons. The predicted molar refractivity (Wildman–Crippen MR) is 165 cm³/mol. The lowest BCUT2D eigenvalue weighted by atomic mass is 9.99. The quantitative estimate of drug-likeness (QED) is 0.171. The first kappa shape index (κ1) is 29.4. The zero-order valence-corrected chi connectivity index (χ0v) is 25.1. The summed E-state index contributed by atoms with van der Waals surface area (Å²) in [4.78, 5) is 18.4. The molecule has 2 aromatic carbocycles. The van der Waals surface area contributed by atoms with E-state index >= 15 is 0 Å². The van der Waals surface area contributed by atoms with Crippen molar-refractivity contribution in [2.24, 2.45) is 5.92 Å². The van der Waals surface area contributed by atoms with Crippen molar-refractivity contribution in [3.05, 3.63) is 76.8 Å². The Hall–Kier alpha value is -3.58. The number of carbonyl (C=O) groups excluding carboxylic acids is 1. The number of nitrogens with zero attached hydrogens (tertiary/aromatic N) is 2. The summed E-state index contributed by atoms with van der Waals surface area (Å²) in [5.41, 5.74) is 5.72. The van der Waals surface area contributed by atoms with Gasteiger partial charge in [0.25, 0.3) is 5.91 Å². The Kier molecular flexibility index (Phi) is 10.4. The van der Waals surface area contributed by atoms with Gasteiger partial charge < -0.3 is 19.4 Å². The molecule has 1 N–H and O–H groups in total. The summed E-state index contributed by atoms with van der Waals surface area (Å²) < 4.78 is 13.1. The maximum Gasteiger partial charge on any atom is 0.253 e. The van der Waals surface area contributed by atoms with Crippen LogP contribution >= 0.6 is 11.3 Å². The number of rotatable bonds is 14. The summed E-state index contributed by atoms with van der Waals surface area (Å²) >= 11 is 1.62. The van der Waals surface area contributed by atoms with E-state index < -0.39 is 0 Å². The highest BCUT2D eigenvalue weighted by Crippen LogP contribution is 2.32. The normalized spacial score (nSPS) is 11.8. The zero-order valence-electron chi connectivity index (χ0n) is 24.3. The highest BCUT2D eigenvalue weighted by atomic mass is 32.1. The zero-order chi connectivity index (χ0) is 28.5. The van der Waals surface area contributed by atoms with Gasteiger partial charge >= 0.3 is 0 Å². The summed E-state index contributed by atoms with van der Waals surface area (Å²) in [6.45, 7) is 7.85. The Balaban J connectivity index is 1.63. The molecule has 1 atom stereocenters. The van der Waals surface area contributed by atoms with Crippen LogP contribution in [0, 0.1) is 12.8 Å². The second-order valence-electron chi connectivity index (χ2n) is 10.2. The Morgan fingerprint density at radius 1 is 1.05 bits per heavy atom. The molecule has 1 unspecified atom stereocenters. The van der Waals surface area contributed by atoms with Crippen LogP contribution in [0.5, 0.6) is 11.5 Å². The van der Waals surface area contributed by atoms with E-state index in [1.807, 2.05) is 43.3 Å². The third kappa shape index (κ3) is 6.94. The van der Waals surface area contributed by atoms with Crippen molar-refractivity contribution < 1.29 is 14.3 Å². The van der Waals surface area contributed by atoms with Gasteiger partial charge in [-0.25, -0.2) is 4.98 Å². The van der Waals surface area contributed by atoms with Gasteiger partial charge in [0.15, 0.2) is 11.5 Å². The number of thiazole rings is 1. The number of hydrogen-bond donors (Lipinski definition) is 1. The molecular weight excluding hydrogens is 518 g/mol. The lowest BCUT2D eigenvalue weighted by Gasteiger charge is -2.15. The van der Waals surface area contributed by atoms with Gasteiger partial charge in [0, 0.05) is 29.7 Å². The van der Waals surface area contributed by atoms with Crippen LogP contribution in [0.25, 0.3) is 22.0 Å². The molecule has 2 heterocycles. The molecule has 0 fully saturated rings. The largest absolute Gasteiger partial charge is 0.493 e. The molecule has 2 aromatic heterocycles. The van der Waals surface area contributed by atoms with Gasteiger partial charge in [-0.3, -0.25) is 4.79 Å². The van der Waals surface area contributed by atoms with E-state index in [4.69, 9.17) is 14.5 Å². The van der Waals surface area contributed by atoms with Crippen molar-refractivity contribution in [2.45, 2.75) is 59.4 Å². The first-order valence-corrected chi connectivity index (χ1v) is 15.1. The van der Waals surface area contributed by atoms with E-state index in [1.165, 1.54) is 12.8 Å². The van der Waals surface area contributed by atoms with Gasteiger partial charge in [0.05, 0.1) is 31.2 Å². The number of carbonyl (C=O) groups is 1. The SMILES string of the molecule is CCCCC(CC)CNC(=O)c1cc(-c2csc(-c3ccccc3)n2)n(CCc2ccc(OC)c(OC)c2)c1C. The molecule has 0 spiro atoms. The predicted octanol–water partition coefficient (Wildman–Crippen LogP) is 7.79. The molecule has 0 bridgehead atoms. The molecule has 4 aromatic rings. The van der Waals surface area contributed by atoms with Crippen molar-refractivity contribution in [1.82, 2.24) is 14.9 Å². The van der Waals surface area contributed by atoms with Gasteiger partial charge in [-0.2, -0.15) is 0 Å². The number of benzene rings is 2. The Bertz CT molecular complexity index is 1390. The first-order valence-electron chi connectivity index (χ1n) is 14.2. The minimum Gasteiger partial charge on any atom is -0.493 e. The van der Waals surface area contributed by atoms with E-state index in [9.17, 15) is 4.79 Å². The van der Waals surface area contributed by atoms with E-state index in [1.54, 1.807) is 25.6 Å². The maximum atomic E-state index is 13.4. The number of hydrogen-bond acceptors (Lipinski definition) is 5. The average Bonchev–Trinajstić information content (AvgIpc) is 3.61. The summed E-state index contributed by atoms with van der Waals surface area (Å²) in [6, 6.07) is 18.2. The molecule has 40 heavy (non-hydrogen) atoms. The molecule has 0 saturated carbocycles. The van der Waals surface area contributed by atoms with Crippen molar-refractivity contribution in [3.8, 4) is 33.5 Å². The number of aromatic nitrogens is 2. The molecule has 0 aliphatic heterocycles. The van der Waals surface area contributed by atoms with Gasteiger partial charge in [-0.05, 0) is 49.4 Å². The fourth-order valence-electron chi connectivity index (χ4n) is 5.03. The Morgan fingerprint density at radius 3 is 2.52 bits per heavy atom. The molecule has 1 amide bonds. The summed E-state index contributed by atoms with van der Waals surface area (Å²) in [5.74, 6) is 1.91. The fourth-order valence-corrected chi connectivity index (χ4v) is 5.85. The number of unbranched alkanes of at least 4 members (excludes halogenated alkanes) is 1. The fraction of sp³-hybridized carbons (Fsp3) is 0.394. The maximum absolute atomic E-state index is 13.4. The number of aryl methyl sites for hydroxylation is 1. The van der Waals surface area contributed by atoms with Gasteiger partial charge in [0.1, 0.15) is 5.01 Å². The smallest absolute Gasteiger partial charge is 0.253 e. The van der Waals surface area contributed by atoms with Crippen molar-refractivity contribution in [3.63, 3.8) is 0 Å². The highest BCUT2D eigenvalue weighted by Gasteiger charge is 2.21. The molecular formula is C33H41N3O3S. The Labute approximate surface area is 242 Å². The summed E-state index contributed by atoms with van der Waals surface area (Å²) in [6.07, 6.45) is 5.35. The monoisotopic (exact) mass is 559 g/mol. The van der Waals surface area contributed by atoms with Crippen molar-refractivity contribution in [2.75, 3.05) is 20.8 Å². The molecule has 0 aliphatic carbocycles. The molecule has 0 saturated heterocycles. The van der Waals surface area contributed by atoms with Gasteiger partial charge in [-0.1, -0.05) is 69.5 Å². The van der Waals surface area contributed by atoms with Crippen LogP contribution in [0.3, 0.4) is 0 Å². The van der Waals surface area contributed by atoms with E-state index in [2.05, 4.69) is 47.3 Å². The first-order chi connectivity index (χ1) is 19.5. The topological polar surface area (TPSA) is 65.4 Å². The third-order valence-electron chi connectivity index (χ3n) is 7.57.